The molecule has 0 aliphatic carbocycles. The van der Waals surface area contributed by atoms with E-state index in [-0.39, 0.29) is 24.2 Å². The van der Waals surface area contributed by atoms with Gasteiger partial charge in [0.25, 0.3) is 5.91 Å². The third-order valence-corrected chi connectivity index (χ3v) is 4.15. The number of aromatic nitrogens is 3. The first-order valence-electron chi connectivity index (χ1n) is 8.20. The predicted molar refractivity (Wildman–Crippen MR) is 93.5 cm³/mol. The summed E-state index contributed by atoms with van der Waals surface area (Å²) in [5.41, 5.74) is 6.55. The summed E-state index contributed by atoms with van der Waals surface area (Å²) in [4.78, 5) is 27.0. The highest BCUT2D eigenvalue weighted by Crippen LogP contribution is 2.31. The summed E-state index contributed by atoms with van der Waals surface area (Å²) in [6.45, 7) is 1.42. The molecule has 146 valence electrons. The molecule has 0 aliphatic heterocycles. The molecule has 2 aromatic heterocycles. The number of carbonyl (C=O) groups excluding carboxylic acids is 2. The molecule has 3 aromatic rings. The van der Waals surface area contributed by atoms with Gasteiger partial charge in [0.15, 0.2) is 5.65 Å². The molecule has 0 spiro atoms. The maximum Gasteiger partial charge on any atom is 0.416 e. The van der Waals surface area contributed by atoms with E-state index >= 15 is 0 Å². The Hall–Kier alpha value is -3.43. The van der Waals surface area contributed by atoms with Crippen LogP contribution in [0, 0.1) is 6.92 Å². The molecule has 7 nitrogen and oxygen atoms in total. The van der Waals surface area contributed by atoms with Crippen molar-refractivity contribution < 1.29 is 22.8 Å². The predicted octanol–water partition coefficient (Wildman–Crippen LogP) is 1.86. The van der Waals surface area contributed by atoms with E-state index in [9.17, 15) is 22.8 Å². The Bertz CT molecular complexity index is 1060. The molecule has 3 N–H and O–H groups in total. The molecule has 0 aliphatic rings. The molecule has 0 atom stereocenters. The zero-order chi connectivity index (χ0) is 20.5. The lowest BCUT2D eigenvalue weighted by atomic mass is 9.99. The first-order valence-corrected chi connectivity index (χ1v) is 8.20. The number of rotatable bonds is 5. The van der Waals surface area contributed by atoms with Crippen molar-refractivity contribution in [3.05, 3.63) is 64.6 Å². The Morgan fingerprint density at radius 2 is 2.00 bits per heavy atom. The van der Waals surface area contributed by atoms with Gasteiger partial charge >= 0.3 is 6.18 Å². The van der Waals surface area contributed by atoms with Gasteiger partial charge in [-0.1, -0.05) is 6.07 Å². The Labute approximate surface area is 157 Å². The van der Waals surface area contributed by atoms with Gasteiger partial charge in [0.2, 0.25) is 5.91 Å². The number of benzene rings is 1. The van der Waals surface area contributed by atoms with E-state index in [2.05, 4.69) is 15.4 Å². The number of nitrogens with two attached hydrogens (primary N) is 1. The van der Waals surface area contributed by atoms with Gasteiger partial charge in [0.1, 0.15) is 5.56 Å². The van der Waals surface area contributed by atoms with Crippen molar-refractivity contribution >= 4 is 17.5 Å². The average Bonchev–Trinajstić information content (AvgIpc) is 3.04. The van der Waals surface area contributed by atoms with E-state index in [1.165, 1.54) is 23.0 Å². The van der Waals surface area contributed by atoms with E-state index in [1.54, 1.807) is 13.1 Å². The van der Waals surface area contributed by atoms with Gasteiger partial charge in [-0.2, -0.15) is 18.3 Å². The molecule has 10 heteroatoms. The summed E-state index contributed by atoms with van der Waals surface area (Å²) in [7, 11) is 0. The highest BCUT2D eigenvalue weighted by Gasteiger charge is 2.30. The van der Waals surface area contributed by atoms with Crippen LogP contribution in [0.15, 0.2) is 36.8 Å². The zero-order valence-corrected chi connectivity index (χ0v) is 14.7. The summed E-state index contributed by atoms with van der Waals surface area (Å²) < 4.78 is 40.2. The first-order chi connectivity index (χ1) is 13.1. The molecule has 1 aromatic carbocycles. The molecule has 0 unspecified atom stereocenters. The number of amides is 2. The normalized spacial score (nSPS) is 11.6. The number of hydrogen-bond donors (Lipinski definition) is 2. The number of nitrogens with one attached hydrogen (secondary N) is 1. The second-order valence-electron chi connectivity index (χ2n) is 6.25. The quantitative estimate of drug-likeness (QED) is 0.693. The lowest BCUT2D eigenvalue weighted by Crippen LogP contribution is -2.33. The Kier molecular flexibility index (Phi) is 5.04. The monoisotopic (exact) mass is 391 g/mol. The molecule has 2 amide bonds. The topological polar surface area (TPSA) is 102 Å². The molecule has 0 bridgehead atoms. The third kappa shape index (κ3) is 4.11. The standard InChI is InChI=1S/C18H16F3N5O2/c1-10-2-3-13(18(19,20)21)5-12(10)4-11-6-23-16-14(7-25-26(16)9-11)17(28)24-8-15(22)27/h2-3,5-7,9H,4,8H2,1H3,(H2,22,27)(H,24,28). The Morgan fingerprint density at radius 3 is 2.68 bits per heavy atom. The van der Waals surface area contributed by atoms with Gasteiger partial charge in [0.05, 0.1) is 18.3 Å². The maximum atomic E-state index is 12.9. The van der Waals surface area contributed by atoms with E-state index < -0.39 is 23.6 Å². The minimum Gasteiger partial charge on any atom is -0.368 e. The number of carbonyl (C=O) groups is 2. The zero-order valence-electron chi connectivity index (χ0n) is 14.7. The lowest BCUT2D eigenvalue weighted by Gasteiger charge is -2.11. The number of hydrogen-bond acceptors (Lipinski definition) is 4. The van der Waals surface area contributed by atoms with Crippen LogP contribution in [-0.4, -0.2) is 33.0 Å². The molecule has 0 saturated heterocycles. The van der Waals surface area contributed by atoms with Crippen molar-refractivity contribution in [3.8, 4) is 0 Å². The molecule has 0 fully saturated rings. The van der Waals surface area contributed by atoms with E-state index in [1.807, 2.05) is 0 Å². The Morgan fingerprint density at radius 1 is 1.25 bits per heavy atom. The van der Waals surface area contributed by atoms with Crippen molar-refractivity contribution in [2.75, 3.05) is 6.54 Å². The van der Waals surface area contributed by atoms with Crippen molar-refractivity contribution in [3.63, 3.8) is 0 Å². The third-order valence-electron chi connectivity index (χ3n) is 4.15. The van der Waals surface area contributed by atoms with E-state index in [0.29, 0.717) is 11.1 Å². The van der Waals surface area contributed by atoms with Gasteiger partial charge in [-0.05, 0) is 35.7 Å². The molecule has 3 rings (SSSR count). The van der Waals surface area contributed by atoms with Gasteiger partial charge < -0.3 is 11.1 Å². The van der Waals surface area contributed by atoms with Crippen LogP contribution >= 0.6 is 0 Å². The molecule has 0 radical (unpaired) electrons. The maximum absolute atomic E-state index is 12.9. The van der Waals surface area contributed by atoms with Crippen molar-refractivity contribution in [2.45, 2.75) is 19.5 Å². The van der Waals surface area contributed by atoms with Gasteiger partial charge in [0, 0.05) is 18.8 Å². The number of primary amides is 1. The fourth-order valence-electron chi connectivity index (χ4n) is 2.69. The van der Waals surface area contributed by atoms with Crippen LogP contribution < -0.4 is 11.1 Å². The lowest BCUT2D eigenvalue weighted by molar-refractivity contribution is -0.137. The number of alkyl halides is 3. The summed E-state index contributed by atoms with van der Waals surface area (Å²) in [5, 5.41) is 6.39. The number of nitrogens with zero attached hydrogens (tertiary/aromatic N) is 3. The van der Waals surface area contributed by atoms with Crippen LogP contribution in [0.1, 0.15) is 32.6 Å². The van der Waals surface area contributed by atoms with Crippen molar-refractivity contribution in [1.29, 1.82) is 0 Å². The van der Waals surface area contributed by atoms with Gasteiger partial charge in [-0.3, -0.25) is 9.59 Å². The second kappa shape index (κ2) is 7.29. The minimum atomic E-state index is -4.42. The summed E-state index contributed by atoms with van der Waals surface area (Å²) in [6.07, 6.45) is 0.161. The van der Waals surface area contributed by atoms with E-state index in [0.717, 1.165) is 17.7 Å². The smallest absolute Gasteiger partial charge is 0.368 e. The van der Waals surface area contributed by atoms with Crippen molar-refractivity contribution in [2.24, 2.45) is 5.73 Å². The average molecular weight is 391 g/mol. The summed E-state index contributed by atoms with van der Waals surface area (Å²) in [5.74, 6) is -1.24. The number of aryl methyl sites for hydroxylation is 1. The van der Waals surface area contributed by atoms with Crippen LogP contribution in [0.2, 0.25) is 0 Å². The minimum absolute atomic E-state index is 0.156. The fourth-order valence-corrected chi connectivity index (χ4v) is 2.69. The summed E-state index contributed by atoms with van der Waals surface area (Å²) >= 11 is 0. The van der Waals surface area contributed by atoms with Crippen LogP contribution in [0.3, 0.4) is 0 Å². The fraction of sp³-hybridized carbons (Fsp3) is 0.222. The van der Waals surface area contributed by atoms with Crippen molar-refractivity contribution in [1.82, 2.24) is 19.9 Å². The molecule has 2 heterocycles. The van der Waals surface area contributed by atoms with Crippen LogP contribution in [0.25, 0.3) is 5.65 Å². The largest absolute Gasteiger partial charge is 0.416 e. The molecular formula is C18H16F3N5O2. The second-order valence-corrected chi connectivity index (χ2v) is 6.25. The van der Waals surface area contributed by atoms with Gasteiger partial charge in [-0.25, -0.2) is 9.50 Å². The molecular weight excluding hydrogens is 375 g/mol. The highest BCUT2D eigenvalue weighted by molar-refractivity contribution is 6.00. The number of halogens is 3. The van der Waals surface area contributed by atoms with Crippen LogP contribution in [-0.2, 0) is 17.4 Å². The van der Waals surface area contributed by atoms with Crippen LogP contribution in [0.4, 0.5) is 13.2 Å². The number of fused-ring (bicyclic) bond motifs is 1. The molecule has 28 heavy (non-hydrogen) atoms. The highest BCUT2D eigenvalue weighted by atomic mass is 19.4. The van der Waals surface area contributed by atoms with E-state index in [4.69, 9.17) is 5.73 Å². The van der Waals surface area contributed by atoms with Crippen LogP contribution in [0.5, 0.6) is 0 Å². The molecule has 0 saturated carbocycles. The first kappa shape index (κ1) is 19.3. The summed E-state index contributed by atoms with van der Waals surface area (Å²) in [6, 6.07) is 3.59. The van der Waals surface area contributed by atoms with Gasteiger partial charge in [-0.15, -0.1) is 0 Å². The Balaban J connectivity index is 1.86. The SMILES string of the molecule is Cc1ccc(C(F)(F)F)cc1Cc1cnc2c(C(=O)NCC(N)=O)cnn2c1.